The van der Waals surface area contributed by atoms with E-state index in [0.29, 0.717) is 12.6 Å². The van der Waals surface area contributed by atoms with Crippen LogP contribution >= 0.6 is 0 Å². The van der Waals surface area contributed by atoms with Crippen molar-refractivity contribution in [3.05, 3.63) is 29.8 Å². The zero-order valence-corrected chi connectivity index (χ0v) is 10.5. The first-order valence-corrected chi connectivity index (χ1v) is 6.68. The highest BCUT2D eigenvalue weighted by molar-refractivity contribution is 5.98. The van der Waals surface area contributed by atoms with Gasteiger partial charge in [0.05, 0.1) is 11.7 Å². The van der Waals surface area contributed by atoms with Crippen molar-refractivity contribution in [3.8, 4) is 0 Å². The average Bonchev–Trinajstić information content (AvgIpc) is 3.20. The Kier molecular flexibility index (Phi) is 3.22. The number of anilines is 1. The normalized spacial score (nSPS) is 23.8. The van der Waals surface area contributed by atoms with Gasteiger partial charge in [-0.2, -0.15) is 0 Å². The molecule has 1 unspecified atom stereocenters. The molecule has 0 radical (unpaired) electrons. The Morgan fingerprint density at radius 1 is 1.21 bits per heavy atom. The van der Waals surface area contributed by atoms with Gasteiger partial charge >= 0.3 is 0 Å². The van der Waals surface area contributed by atoms with Crippen LogP contribution in [0.3, 0.4) is 0 Å². The summed E-state index contributed by atoms with van der Waals surface area (Å²) in [4.78, 5) is 13.7. The van der Waals surface area contributed by atoms with Crippen molar-refractivity contribution in [3.63, 3.8) is 0 Å². The highest BCUT2D eigenvalue weighted by Gasteiger charge is 2.35. The Morgan fingerprint density at radius 3 is 2.74 bits per heavy atom. The number of halogens is 2. The fourth-order valence-electron chi connectivity index (χ4n) is 2.50. The summed E-state index contributed by atoms with van der Waals surface area (Å²) in [5, 5.41) is 3.27. The van der Waals surface area contributed by atoms with Gasteiger partial charge in [-0.15, -0.1) is 0 Å². The van der Waals surface area contributed by atoms with Crippen molar-refractivity contribution in [1.29, 1.82) is 0 Å². The summed E-state index contributed by atoms with van der Waals surface area (Å²) in [6.07, 6.45) is 3.76. The van der Waals surface area contributed by atoms with E-state index in [-0.39, 0.29) is 17.6 Å². The number of carbonyl (C=O) groups excluding carboxylic acids is 1. The van der Waals surface area contributed by atoms with Crippen LogP contribution in [0.4, 0.5) is 14.5 Å². The van der Waals surface area contributed by atoms with Gasteiger partial charge in [0, 0.05) is 12.6 Å². The highest BCUT2D eigenvalue weighted by atomic mass is 19.2. The van der Waals surface area contributed by atoms with Crippen molar-refractivity contribution < 1.29 is 13.6 Å². The average molecular weight is 266 g/mol. The molecular formula is C14H16F2N2O. The molecule has 0 aromatic heterocycles. The third-order valence-corrected chi connectivity index (χ3v) is 3.67. The third-order valence-electron chi connectivity index (χ3n) is 3.67. The zero-order chi connectivity index (χ0) is 13.4. The quantitative estimate of drug-likeness (QED) is 0.909. The maximum Gasteiger partial charge on any atom is 0.244 e. The molecule has 3 rings (SSSR count). The summed E-state index contributed by atoms with van der Waals surface area (Å²) in [6, 6.07) is 4.11. The lowest BCUT2D eigenvalue weighted by Crippen LogP contribution is -2.51. The monoisotopic (exact) mass is 266 g/mol. The van der Waals surface area contributed by atoms with E-state index in [2.05, 4.69) is 5.32 Å². The first kappa shape index (κ1) is 12.5. The third kappa shape index (κ3) is 2.47. The van der Waals surface area contributed by atoms with E-state index in [0.717, 1.165) is 31.7 Å². The number of hydrogen-bond donors (Lipinski definition) is 1. The van der Waals surface area contributed by atoms with Gasteiger partial charge in [0.25, 0.3) is 0 Å². The molecule has 1 aromatic carbocycles. The summed E-state index contributed by atoms with van der Waals surface area (Å²) < 4.78 is 27.0. The Bertz CT molecular complexity index is 502. The Morgan fingerprint density at radius 2 is 2.00 bits per heavy atom. The number of piperidine rings is 1. The van der Waals surface area contributed by atoms with Crippen molar-refractivity contribution in [2.24, 2.45) is 0 Å². The fourth-order valence-corrected chi connectivity index (χ4v) is 2.50. The smallest absolute Gasteiger partial charge is 0.244 e. The maximum absolute atomic E-state index is 13.8. The number of carbonyl (C=O) groups is 1. The SMILES string of the molecule is O=C1C(NC2CC2)CCCN1c1cccc(F)c1F. The molecule has 2 aliphatic rings. The lowest BCUT2D eigenvalue weighted by molar-refractivity contribution is -0.121. The van der Waals surface area contributed by atoms with Crippen LogP contribution in [0.25, 0.3) is 0 Å². The molecule has 1 atom stereocenters. The van der Waals surface area contributed by atoms with E-state index in [9.17, 15) is 13.6 Å². The summed E-state index contributed by atoms with van der Waals surface area (Å²) >= 11 is 0. The number of nitrogens with zero attached hydrogens (tertiary/aromatic N) is 1. The lowest BCUT2D eigenvalue weighted by Gasteiger charge is -2.33. The van der Waals surface area contributed by atoms with Crippen molar-refractivity contribution in [2.45, 2.75) is 37.8 Å². The van der Waals surface area contributed by atoms with Gasteiger partial charge in [-0.05, 0) is 37.8 Å². The zero-order valence-electron chi connectivity index (χ0n) is 10.5. The molecule has 1 heterocycles. The summed E-state index contributed by atoms with van der Waals surface area (Å²) in [7, 11) is 0. The van der Waals surface area contributed by atoms with Crippen LogP contribution in [0, 0.1) is 11.6 Å². The Labute approximate surface area is 110 Å². The molecule has 0 bridgehead atoms. The molecule has 1 saturated heterocycles. The molecule has 5 heteroatoms. The minimum absolute atomic E-state index is 0.0484. The van der Waals surface area contributed by atoms with E-state index >= 15 is 0 Å². The van der Waals surface area contributed by atoms with E-state index < -0.39 is 11.6 Å². The molecule has 2 fully saturated rings. The van der Waals surface area contributed by atoms with Crippen LogP contribution < -0.4 is 10.2 Å². The van der Waals surface area contributed by atoms with Gasteiger partial charge in [-0.1, -0.05) is 6.07 Å². The molecule has 1 aliphatic carbocycles. The first-order chi connectivity index (χ1) is 9.16. The maximum atomic E-state index is 13.8. The largest absolute Gasteiger partial charge is 0.308 e. The second-order valence-electron chi connectivity index (χ2n) is 5.20. The van der Waals surface area contributed by atoms with Gasteiger partial charge < -0.3 is 10.2 Å². The lowest BCUT2D eigenvalue weighted by atomic mass is 10.0. The van der Waals surface area contributed by atoms with Gasteiger partial charge in [0.2, 0.25) is 5.91 Å². The van der Waals surface area contributed by atoms with E-state index in [1.807, 2.05) is 0 Å². The van der Waals surface area contributed by atoms with Crippen LogP contribution in [0.5, 0.6) is 0 Å². The Balaban J connectivity index is 1.82. The molecule has 3 nitrogen and oxygen atoms in total. The standard InChI is InChI=1S/C14H16F2N2O/c15-10-3-1-5-12(13(10)16)18-8-2-4-11(14(18)19)17-9-6-7-9/h1,3,5,9,11,17H,2,4,6-8H2. The molecule has 1 N–H and O–H groups in total. The van der Waals surface area contributed by atoms with Gasteiger partial charge in [0.15, 0.2) is 11.6 Å². The predicted molar refractivity (Wildman–Crippen MR) is 67.9 cm³/mol. The van der Waals surface area contributed by atoms with E-state index in [4.69, 9.17) is 0 Å². The van der Waals surface area contributed by atoms with Crippen molar-refractivity contribution in [1.82, 2.24) is 5.32 Å². The number of benzene rings is 1. The van der Waals surface area contributed by atoms with Gasteiger partial charge in [0.1, 0.15) is 0 Å². The summed E-state index contributed by atoms with van der Waals surface area (Å²) in [6.45, 7) is 0.446. The Hall–Kier alpha value is -1.49. The van der Waals surface area contributed by atoms with Crippen LogP contribution in [0.1, 0.15) is 25.7 Å². The van der Waals surface area contributed by atoms with E-state index in [1.165, 1.54) is 17.0 Å². The van der Waals surface area contributed by atoms with Crippen LogP contribution in [-0.4, -0.2) is 24.5 Å². The number of hydrogen-bond acceptors (Lipinski definition) is 2. The molecule has 1 aromatic rings. The molecule has 1 saturated carbocycles. The van der Waals surface area contributed by atoms with Gasteiger partial charge in [-0.3, -0.25) is 4.79 Å². The van der Waals surface area contributed by atoms with Crippen LogP contribution in [0.2, 0.25) is 0 Å². The molecule has 19 heavy (non-hydrogen) atoms. The molecule has 0 spiro atoms. The van der Waals surface area contributed by atoms with Gasteiger partial charge in [-0.25, -0.2) is 8.78 Å². The number of amides is 1. The number of nitrogens with one attached hydrogen (secondary N) is 1. The second-order valence-corrected chi connectivity index (χ2v) is 5.20. The first-order valence-electron chi connectivity index (χ1n) is 6.68. The van der Waals surface area contributed by atoms with E-state index in [1.54, 1.807) is 0 Å². The van der Waals surface area contributed by atoms with Crippen molar-refractivity contribution in [2.75, 3.05) is 11.4 Å². The topological polar surface area (TPSA) is 32.3 Å². The minimum atomic E-state index is -0.942. The molecule has 1 amide bonds. The van der Waals surface area contributed by atoms with Crippen LogP contribution in [0.15, 0.2) is 18.2 Å². The second kappa shape index (κ2) is 4.89. The molecule has 1 aliphatic heterocycles. The fraction of sp³-hybridized carbons (Fsp3) is 0.500. The minimum Gasteiger partial charge on any atom is -0.308 e. The summed E-state index contributed by atoms with van der Waals surface area (Å²) in [5.74, 6) is -2.01. The molecular weight excluding hydrogens is 250 g/mol. The number of rotatable bonds is 3. The highest BCUT2D eigenvalue weighted by Crippen LogP contribution is 2.27. The van der Waals surface area contributed by atoms with Crippen molar-refractivity contribution >= 4 is 11.6 Å². The summed E-state index contributed by atoms with van der Waals surface area (Å²) in [5.41, 5.74) is 0.0484. The predicted octanol–water partition coefficient (Wildman–Crippen LogP) is 2.21. The van der Waals surface area contributed by atoms with Crippen LogP contribution in [-0.2, 0) is 4.79 Å². The molecule has 102 valence electrons.